The summed E-state index contributed by atoms with van der Waals surface area (Å²) in [5, 5.41) is 0. The first-order valence-corrected chi connectivity index (χ1v) is 13.8. The van der Waals surface area contributed by atoms with E-state index in [0.717, 1.165) is 5.56 Å². The molecule has 0 aromatic heterocycles. The molecule has 0 amide bonds. The van der Waals surface area contributed by atoms with Gasteiger partial charge in [0.15, 0.2) is 0 Å². The zero-order valence-electron chi connectivity index (χ0n) is 21.2. The maximum Gasteiger partial charge on any atom is 0.309 e. The minimum atomic E-state index is -0.360. The van der Waals surface area contributed by atoms with Gasteiger partial charge in [-0.05, 0) is 56.9 Å². The number of esters is 4. The Morgan fingerprint density at radius 3 is 1.86 bits per heavy atom. The van der Waals surface area contributed by atoms with Crippen LogP contribution in [0.2, 0.25) is 0 Å². The molecule has 2 saturated carbocycles. The molecule has 0 atom stereocenters. The van der Waals surface area contributed by atoms with Crippen molar-refractivity contribution < 1.29 is 38.1 Å². The number of carbonyl (C=O) groups excluding carboxylic acids is 4. The van der Waals surface area contributed by atoms with Crippen molar-refractivity contribution in [1.29, 1.82) is 0 Å². The molecule has 1 aromatic carbocycles. The minimum Gasteiger partial charge on any atom is -0.466 e. The molecule has 9 heteroatoms. The van der Waals surface area contributed by atoms with Crippen molar-refractivity contribution in [3.63, 3.8) is 0 Å². The van der Waals surface area contributed by atoms with Crippen LogP contribution in [-0.2, 0) is 44.7 Å². The second kappa shape index (κ2) is 15.6. The lowest BCUT2D eigenvalue weighted by molar-refractivity contribution is -0.162. The topological polar surface area (TPSA) is 105 Å². The van der Waals surface area contributed by atoms with E-state index in [2.05, 4.69) is 0 Å². The monoisotopic (exact) mass is 536 g/mol. The highest BCUT2D eigenvalue weighted by molar-refractivity contribution is 6.18. The van der Waals surface area contributed by atoms with Gasteiger partial charge in [-0.1, -0.05) is 30.3 Å². The summed E-state index contributed by atoms with van der Waals surface area (Å²) in [6, 6.07) is 9.59. The number of carbonyl (C=O) groups is 4. The van der Waals surface area contributed by atoms with Crippen LogP contribution in [0.3, 0.4) is 0 Å². The SMILES string of the molecule is O=C(CCCl)OCCCOC(=O)C1CCC(C(=O)OC2CCC(C(=O)OCc3ccccc3)CC2)CC1. The second-order valence-corrected chi connectivity index (χ2v) is 10.1. The highest BCUT2D eigenvalue weighted by Gasteiger charge is 2.34. The summed E-state index contributed by atoms with van der Waals surface area (Å²) in [6.07, 6.45) is 5.39. The molecule has 3 rings (SSSR count). The van der Waals surface area contributed by atoms with E-state index in [-0.39, 0.29) is 79.9 Å². The van der Waals surface area contributed by atoms with Crippen LogP contribution >= 0.6 is 11.6 Å². The predicted molar refractivity (Wildman–Crippen MR) is 135 cm³/mol. The molecule has 0 unspecified atom stereocenters. The highest BCUT2D eigenvalue weighted by Crippen LogP contribution is 2.33. The summed E-state index contributed by atoms with van der Waals surface area (Å²) >= 11 is 5.47. The normalized spacial score (nSPS) is 23.5. The number of ether oxygens (including phenoxy) is 4. The largest absolute Gasteiger partial charge is 0.466 e. The molecule has 0 N–H and O–H groups in total. The Bertz CT molecular complexity index is 873. The Morgan fingerprint density at radius 2 is 1.24 bits per heavy atom. The highest BCUT2D eigenvalue weighted by atomic mass is 35.5. The fourth-order valence-electron chi connectivity index (χ4n) is 4.77. The van der Waals surface area contributed by atoms with Crippen molar-refractivity contribution in [3.8, 4) is 0 Å². The van der Waals surface area contributed by atoms with Crippen LogP contribution in [0, 0.1) is 17.8 Å². The molecule has 2 aliphatic rings. The molecular weight excluding hydrogens is 500 g/mol. The van der Waals surface area contributed by atoms with Crippen molar-refractivity contribution in [2.75, 3.05) is 19.1 Å². The van der Waals surface area contributed by atoms with E-state index in [1.807, 2.05) is 30.3 Å². The van der Waals surface area contributed by atoms with Gasteiger partial charge >= 0.3 is 23.9 Å². The summed E-state index contributed by atoms with van der Waals surface area (Å²) in [5.41, 5.74) is 0.961. The summed E-state index contributed by atoms with van der Waals surface area (Å²) in [5.74, 6) is -1.39. The maximum absolute atomic E-state index is 12.7. The van der Waals surface area contributed by atoms with Gasteiger partial charge in [-0.15, -0.1) is 11.6 Å². The minimum absolute atomic E-state index is 0.155. The van der Waals surface area contributed by atoms with Gasteiger partial charge < -0.3 is 18.9 Å². The molecule has 8 nitrogen and oxygen atoms in total. The number of benzene rings is 1. The molecule has 204 valence electrons. The van der Waals surface area contributed by atoms with Crippen LogP contribution in [0.5, 0.6) is 0 Å². The van der Waals surface area contributed by atoms with Crippen molar-refractivity contribution in [2.24, 2.45) is 17.8 Å². The molecule has 2 aliphatic carbocycles. The van der Waals surface area contributed by atoms with E-state index in [1.54, 1.807) is 0 Å². The molecule has 1 aromatic rings. The molecule has 0 bridgehead atoms. The third kappa shape index (κ3) is 9.99. The standard InChI is InChI=1S/C28H37ClO8/c29-16-15-25(30)34-17-4-18-35-26(31)21-7-9-23(10-8-21)28(33)37-24-13-11-22(12-14-24)27(32)36-19-20-5-2-1-3-6-20/h1-3,5-6,21-24H,4,7-19H2. The van der Waals surface area contributed by atoms with Crippen LogP contribution in [0.1, 0.15) is 69.8 Å². The van der Waals surface area contributed by atoms with Crippen LogP contribution in [0.4, 0.5) is 0 Å². The average Bonchev–Trinajstić information content (AvgIpc) is 2.92. The van der Waals surface area contributed by atoms with Gasteiger partial charge in [0.05, 0.1) is 37.4 Å². The quantitative estimate of drug-likeness (QED) is 0.163. The van der Waals surface area contributed by atoms with E-state index in [1.165, 1.54) is 0 Å². The molecule has 0 saturated heterocycles. The fourth-order valence-corrected chi connectivity index (χ4v) is 4.93. The third-order valence-corrected chi connectivity index (χ3v) is 7.19. The first kappa shape index (κ1) is 29.0. The lowest BCUT2D eigenvalue weighted by Gasteiger charge is -2.30. The van der Waals surface area contributed by atoms with E-state index in [0.29, 0.717) is 57.8 Å². The maximum atomic E-state index is 12.7. The summed E-state index contributed by atoms with van der Waals surface area (Å²) in [4.78, 5) is 48.6. The summed E-state index contributed by atoms with van der Waals surface area (Å²) in [6.45, 7) is 0.658. The lowest BCUT2D eigenvalue weighted by atomic mass is 9.82. The van der Waals surface area contributed by atoms with Crippen molar-refractivity contribution in [2.45, 2.75) is 76.9 Å². The Kier molecular flexibility index (Phi) is 12.2. The van der Waals surface area contributed by atoms with Crippen molar-refractivity contribution in [1.82, 2.24) is 0 Å². The smallest absolute Gasteiger partial charge is 0.309 e. The Hall–Kier alpha value is -2.61. The van der Waals surface area contributed by atoms with E-state index in [9.17, 15) is 19.2 Å². The van der Waals surface area contributed by atoms with Gasteiger partial charge in [-0.2, -0.15) is 0 Å². The predicted octanol–water partition coefficient (Wildman–Crippen LogP) is 4.74. The Morgan fingerprint density at radius 1 is 0.703 bits per heavy atom. The molecule has 2 fully saturated rings. The average molecular weight is 537 g/mol. The van der Waals surface area contributed by atoms with Gasteiger partial charge in [0, 0.05) is 12.3 Å². The Balaban J connectivity index is 1.26. The van der Waals surface area contributed by atoms with Crippen molar-refractivity contribution >= 4 is 35.5 Å². The lowest BCUT2D eigenvalue weighted by Crippen LogP contribution is -2.33. The van der Waals surface area contributed by atoms with Gasteiger partial charge in [0.25, 0.3) is 0 Å². The zero-order valence-corrected chi connectivity index (χ0v) is 22.0. The number of halogens is 1. The van der Waals surface area contributed by atoms with E-state index < -0.39 is 0 Å². The molecular formula is C28H37ClO8. The van der Waals surface area contributed by atoms with Gasteiger partial charge in [0.1, 0.15) is 12.7 Å². The first-order valence-electron chi connectivity index (χ1n) is 13.3. The van der Waals surface area contributed by atoms with Crippen LogP contribution in [0.15, 0.2) is 30.3 Å². The zero-order chi connectivity index (χ0) is 26.5. The van der Waals surface area contributed by atoms with Crippen LogP contribution in [0.25, 0.3) is 0 Å². The summed E-state index contributed by atoms with van der Waals surface area (Å²) in [7, 11) is 0. The molecule has 0 aliphatic heterocycles. The van der Waals surface area contributed by atoms with Crippen LogP contribution in [-0.4, -0.2) is 49.1 Å². The molecule has 37 heavy (non-hydrogen) atoms. The first-order chi connectivity index (χ1) is 18.0. The second-order valence-electron chi connectivity index (χ2n) is 9.73. The fraction of sp³-hybridized carbons (Fsp3) is 0.643. The molecule has 0 radical (unpaired) electrons. The molecule has 0 spiro atoms. The van der Waals surface area contributed by atoms with E-state index in [4.69, 9.17) is 30.5 Å². The van der Waals surface area contributed by atoms with Gasteiger partial charge in [0.2, 0.25) is 0 Å². The summed E-state index contributed by atoms with van der Waals surface area (Å²) < 4.78 is 21.5. The molecule has 0 heterocycles. The number of rotatable bonds is 12. The van der Waals surface area contributed by atoms with Gasteiger partial charge in [-0.3, -0.25) is 19.2 Å². The van der Waals surface area contributed by atoms with Gasteiger partial charge in [-0.25, -0.2) is 0 Å². The van der Waals surface area contributed by atoms with Crippen LogP contribution < -0.4 is 0 Å². The Labute approximate surface area is 223 Å². The third-order valence-electron chi connectivity index (χ3n) is 7.00. The number of hydrogen-bond donors (Lipinski definition) is 0. The van der Waals surface area contributed by atoms with E-state index >= 15 is 0 Å². The number of alkyl halides is 1. The number of hydrogen-bond acceptors (Lipinski definition) is 8. The van der Waals surface area contributed by atoms with Crippen molar-refractivity contribution in [3.05, 3.63) is 35.9 Å².